The molecule has 1 saturated heterocycles. The number of nitrogens with two attached hydrogens (primary N) is 2. The minimum atomic E-state index is -1.53. The molecule has 0 bridgehead atoms. The van der Waals surface area contributed by atoms with Crippen LogP contribution >= 0.6 is 0 Å². The maximum atomic E-state index is 12.2. The Morgan fingerprint density at radius 2 is 1.13 bits per heavy atom. The number of unbranched alkanes of at least 4 members (excludes halogenated alkanes) is 15. The van der Waals surface area contributed by atoms with Crippen molar-refractivity contribution in [2.24, 2.45) is 11.5 Å². The zero-order valence-corrected chi connectivity index (χ0v) is 28.0. The average molecular weight is 649 g/mol. The number of hydrogen-bond acceptors (Lipinski definition) is 11. The Kier molecular flexibility index (Phi) is 24.7. The van der Waals surface area contributed by atoms with Gasteiger partial charge in [-0.05, 0) is 32.6 Å². The minimum Gasteiger partial charge on any atom is -0.395 e. The summed E-state index contributed by atoms with van der Waals surface area (Å²) < 4.78 is 11.2. The van der Waals surface area contributed by atoms with E-state index >= 15 is 0 Å². The molecule has 0 amide bonds. The second kappa shape index (κ2) is 26.3. The highest BCUT2D eigenvalue weighted by Crippen LogP contribution is 2.25. The largest absolute Gasteiger partial charge is 0.395 e. The van der Waals surface area contributed by atoms with Gasteiger partial charge in [-0.25, -0.2) is 0 Å². The van der Waals surface area contributed by atoms with Crippen LogP contribution in [0.3, 0.4) is 0 Å². The first-order valence-corrected chi connectivity index (χ1v) is 17.9. The summed E-state index contributed by atoms with van der Waals surface area (Å²) in [6.07, 6.45) is 13.7. The lowest BCUT2D eigenvalue weighted by Gasteiger charge is -2.41. The molecule has 0 aromatic rings. The molecule has 268 valence electrons. The molecule has 0 aromatic heterocycles. The smallest absolute Gasteiger partial charge is 0.187 e. The Morgan fingerprint density at radius 3 is 1.58 bits per heavy atom. The molecule has 11 heteroatoms. The number of ether oxygens (including phenoxy) is 2. The summed E-state index contributed by atoms with van der Waals surface area (Å²) in [5.74, 6) is 0.384. The fourth-order valence-corrected chi connectivity index (χ4v) is 5.88. The van der Waals surface area contributed by atoms with E-state index in [0.29, 0.717) is 25.0 Å². The van der Waals surface area contributed by atoms with Crippen molar-refractivity contribution < 1.29 is 44.9 Å². The van der Waals surface area contributed by atoms with Crippen LogP contribution in [-0.4, -0.2) is 105 Å². The van der Waals surface area contributed by atoms with Gasteiger partial charge in [-0.15, -0.1) is 0 Å². The topological polar surface area (TPSA) is 209 Å². The molecule has 45 heavy (non-hydrogen) atoms. The first-order chi connectivity index (χ1) is 21.6. The molecule has 1 fully saturated rings. The second-order valence-corrected chi connectivity index (χ2v) is 13.3. The third kappa shape index (κ3) is 19.0. The van der Waals surface area contributed by atoms with Crippen molar-refractivity contribution in [3.05, 3.63) is 0 Å². The Labute approximate surface area is 272 Å². The molecular weight excluding hydrogens is 580 g/mol. The summed E-state index contributed by atoms with van der Waals surface area (Å²) in [7, 11) is 0. The van der Waals surface area contributed by atoms with E-state index in [1.165, 1.54) is 44.9 Å². The number of Topliss-reactive ketones (excluding diaryl/α,β-unsaturated/α-hetero) is 1. The normalized spacial score (nSPS) is 24.8. The highest BCUT2D eigenvalue weighted by atomic mass is 16.7. The van der Waals surface area contributed by atoms with E-state index < -0.39 is 49.5 Å². The van der Waals surface area contributed by atoms with Crippen molar-refractivity contribution in [2.75, 3.05) is 13.2 Å². The highest BCUT2D eigenvalue weighted by molar-refractivity contribution is 5.78. The van der Waals surface area contributed by atoms with Gasteiger partial charge in [0.1, 0.15) is 30.2 Å². The van der Waals surface area contributed by atoms with E-state index in [0.717, 1.165) is 70.6 Å². The predicted octanol–water partition coefficient (Wildman–Crippen LogP) is 2.96. The van der Waals surface area contributed by atoms with Gasteiger partial charge >= 0.3 is 0 Å². The summed E-state index contributed by atoms with van der Waals surface area (Å²) in [4.78, 5) is 12.2. The van der Waals surface area contributed by atoms with Gasteiger partial charge in [-0.3, -0.25) is 4.79 Å². The lowest BCUT2D eigenvalue weighted by molar-refractivity contribution is -0.313. The first kappa shape index (κ1) is 42.3. The highest BCUT2D eigenvalue weighted by Gasteiger charge is 2.45. The van der Waals surface area contributed by atoms with Gasteiger partial charge < -0.3 is 51.6 Å². The molecule has 1 aliphatic rings. The lowest BCUT2D eigenvalue weighted by Crippen LogP contribution is -2.60. The summed E-state index contributed by atoms with van der Waals surface area (Å²) in [6, 6.07) is -0.837. The van der Waals surface area contributed by atoms with E-state index in [9.17, 15) is 35.4 Å². The van der Waals surface area contributed by atoms with Crippen LogP contribution in [-0.2, 0) is 14.3 Å². The van der Waals surface area contributed by atoms with E-state index in [4.69, 9.17) is 20.9 Å². The van der Waals surface area contributed by atoms with Gasteiger partial charge in [0.25, 0.3) is 0 Å². The number of hydrogen-bond donors (Lipinski definition) is 8. The van der Waals surface area contributed by atoms with Crippen LogP contribution in [0.4, 0.5) is 0 Å². The zero-order valence-electron chi connectivity index (χ0n) is 28.0. The predicted molar refractivity (Wildman–Crippen MR) is 175 cm³/mol. The van der Waals surface area contributed by atoms with Crippen molar-refractivity contribution in [1.82, 2.24) is 0 Å². The maximum absolute atomic E-state index is 12.2. The van der Waals surface area contributed by atoms with Crippen LogP contribution in [0.25, 0.3) is 0 Å². The SMILES string of the molecule is C[C@@H](N)[C@H](O)CCCCCCCCCCCCC(=O)CCCCCCCCC[C@@H](O[C@@H]1O[C@H](CO)[C@@H](O)[C@H](O)[C@H]1O)[C@@H](N)CO. The molecule has 9 atom stereocenters. The van der Waals surface area contributed by atoms with Gasteiger partial charge in [0.15, 0.2) is 6.29 Å². The number of carbonyl (C=O) groups is 1. The van der Waals surface area contributed by atoms with Crippen LogP contribution in [0.5, 0.6) is 0 Å². The van der Waals surface area contributed by atoms with Crippen molar-refractivity contribution >= 4 is 5.78 Å². The Balaban J connectivity index is 2.00. The standard InChI is InChI=1S/C34H68N2O9/c1-25(35)28(40)21-17-13-9-5-3-2-4-7-11-15-19-26(39)20-16-12-8-6-10-14-18-22-29(27(36)23-37)44-34-33(43)32(42)31(41)30(24-38)45-34/h25,27-34,37-38,40-43H,2-24,35-36H2,1H3/t25-,27+,28-,29-,30-,31-,32+,33-,34-/m1/s1. The summed E-state index contributed by atoms with van der Waals surface area (Å²) in [6.45, 7) is 0.998. The Bertz CT molecular complexity index is 715. The molecule has 0 saturated carbocycles. The molecule has 11 nitrogen and oxygen atoms in total. The maximum Gasteiger partial charge on any atom is 0.187 e. The second-order valence-electron chi connectivity index (χ2n) is 13.3. The third-order valence-electron chi connectivity index (χ3n) is 9.10. The quantitative estimate of drug-likeness (QED) is 0.0553. The van der Waals surface area contributed by atoms with Gasteiger partial charge in [-0.2, -0.15) is 0 Å². The zero-order chi connectivity index (χ0) is 33.5. The van der Waals surface area contributed by atoms with E-state index in [2.05, 4.69) is 0 Å². The summed E-state index contributed by atoms with van der Waals surface area (Å²) >= 11 is 0. The molecule has 0 radical (unpaired) electrons. The Morgan fingerprint density at radius 1 is 0.689 bits per heavy atom. The molecule has 0 aromatic carbocycles. The van der Waals surface area contributed by atoms with E-state index in [1.54, 1.807) is 0 Å². The molecular formula is C34H68N2O9. The number of rotatable bonds is 29. The van der Waals surface area contributed by atoms with Gasteiger partial charge in [0, 0.05) is 18.9 Å². The van der Waals surface area contributed by atoms with Crippen LogP contribution in [0.15, 0.2) is 0 Å². The fraction of sp³-hybridized carbons (Fsp3) is 0.971. The van der Waals surface area contributed by atoms with Crippen LogP contribution in [0, 0.1) is 0 Å². The van der Waals surface area contributed by atoms with Crippen LogP contribution < -0.4 is 11.5 Å². The molecule has 0 unspecified atom stereocenters. The number of aliphatic hydroxyl groups excluding tert-OH is 6. The van der Waals surface area contributed by atoms with Crippen molar-refractivity contribution in [3.63, 3.8) is 0 Å². The van der Waals surface area contributed by atoms with Crippen LogP contribution in [0.2, 0.25) is 0 Å². The monoisotopic (exact) mass is 648 g/mol. The molecule has 1 heterocycles. The lowest BCUT2D eigenvalue weighted by atomic mass is 9.98. The van der Waals surface area contributed by atoms with Crippen LogP contribution in [0.1, 0.15) is 142 Å². The van der Waals surface area contributed by atoms with Crippen molar-refractivity contribution in [2.45, 2.75) is 197 Å². The first-order valence-electron chi connectivity index (χ1n) is 17.9. The molecule has 0 aliphatic carbocycles. The Hall–Kier alpha value is -0.730. The number of aliphatic hydroxyl groups is 6. The average Bonchev–Trinajstić information content (AvgIpc) is 3.03. The summed E-state index contributed by atoms with van der Waals surface area (Å²) in [5, 5.41) is 58.8. The van der Waals surface area contributed by atoms with Gasteiger partial charge in [0.05, 0.1) is 31.5 Å². The number of carbonyl (C=O) groups excluding carboxylic acids is 1. The summed E-state index contributed by atoms with van der Waals surface area (Å²) in [5.41, 5.74) is 11.7. The van der Waals surface area contributed by atoms with Gasteiger partial charge in [0.2, 0.25) is 0 Å². The van der Waals surface area contributed by atoms with E-state index in [-0.39, 0.29) is 18.8 Å². The fourth-order valence-electron chi connectivity index (χ4n) is 5.88. The van der Waals surface area contributed by atoms with Crippen molar-refractivity contribution in [1.29, 1.82) is 0 Å². The van der Waals surface area contributed by atoms with Crippen molar-refractivity contribution in [3.8, 4) is 0 Å². The molecule has 1 rings (SSSR count). The molecule has 1 aliphatic heterocycles. The number of ketones is 1. The molecule has 0 spiro atoms. The van der Waals surface area contributed by atoms with E-state index in [1.807, 2.05) is 6.92 Å². The molecule has 10 N–H and O–H groups in total. The third-order valence-corrected chi connectivity index (χ3v) is 9.10. The minimum absolute atomic E-state index is 0.137. The van der Waals surface area contributed by atoms with Gasteiger partial charge in [-0.1, -0.05) is 96.3 Å².